The fourth-order valence-corrected chi connectivity index (χ4v) is 2.67. The standard InChI is InChI=1S/C24H26N2O5/c1-24(2,3)18-8-11-21(30-5)20(13-18)26-22(27)15-31-23(28)17(14-25)12-16-6-9-19(29-4)10-7-16/h6-13H,15H2,1-5H3,(H,26,27). The average molecular weight is 422 g/mol. The third-order valence-electron chi connectivity index (χ3n) is 4.44. The molecule has 0 saturated carbocycles. The highest BCUT2D eigenvalue weighted by Gasteiger charge is 2.18. The first-order valence-electron chi connectivity index (χ1n) is 9.59. The van der Waals surface area contributed by atoms with Crippen molar-refractivity contribution < 1.29 is 23.8 Å². The topological polar surface area (TPSA) is 97.6 Å². The molecule has 7 heteroatoms. The summed E-state index contributed by atoms with van der Waals surface area (Å²) >= 11 is 0. The average Bonchev–Trinajstić information content (AvgIpc) is 2.75. The Morgan fingerprint density at radius 1 is 1.06 bits per heavy atom. The zero-order valence-corrected chi connectivity index (χ0v) is 18.3. The molecule has 0 saturated heterocycles. The van der Waals surface area contributed by atoms with Crippen molar-refractivity contribution in [3.8, 4) is 17.6 Å². The van der Waals surface area contributed by atoms with Gasteiger partial charge in [-0.2, -0.15) is 5.26 Å². The number of hydrogen-bond donors (Lipinski definition) is 1. The van der Waals surface area contributed by atoms with E-state index in [1.54, 1.807) is 43.5 Å². The molecule has 0 spiro atoms. The van der Waals surface area contributed by atoms with E-state index in [2.05, 4.69) is 26.1 Å². The number of nitrogens with one attached hydrogen (secondary N) is 1. The van der Waals surface area contributed by atoms with Crippen molar-refractivity contribution in [3.05, 3.63) is 59.2 Å². The lowest BCUT2D eigenvalue weighted by atomic mass is 9.87. The van der Waals surface area contributed by atoms with Gasteiger partial charge in [0.05, 0.1) is 19.9 Å². The Morgan fingerprint density at radius 3 is 2.29 bits per heavy atom. The SMILES string of the molecule is COc1ccc(C=C(C#N)C(=O)OCC(=O)Nc2cc(C(C)(C)C)ccc2OC)cc1. The van der Waals surface area contributed by atoms with Gasteiger partial charge in [0.25, 0.3) is 5.91 Å². The Kier molecular flexibility index (Phi) is 7.81. The van der Waals surface area contributed by atoms with Crippen molar-refractivity contribution in [1.29, 1.82) is 5.26 Å². The molecule has 1 amide bonds. The lowest BCUT2D eigenvalue weighted by Gasteiger charge is -2.21. The van der Waals surface area contributed by atoms with E-state index in [-0.39, 0.29) is 11.0 Å². The van der Waals surface area contributed by atoms with Crippen molar-refractivity contribution in [2.24, 2.45) is 0 Å². The molecular weight excluding hydrogens is 396 g/mol. The molecule has 0 atom stereocenters. The van der Waals surface area contributed by atoms with Gasteiger partial charge in [-0.1, -0.05) is 39.0 Å². The molecule has 2 aromatic rings. The molecule has 0 unspecified atom stereocenters. The smallest absolute Gasteiger partial charge is 0.349 e. The van der Waals surface area contributed by atoms with Gasteiger partial charge < -0.3 is 19.5 Å². The second-order valence-electron chi connectivity index (χ2n) is 7.73. The monoisotopic (exact) mass is 422 g/mol. The second-order valence-corrected chi connectivity index (χ2v) is 7.73. The maximum Gasteiger partial charge on any atom is 0.349 e. The Hall–Kier alpha value is -3.79. The molecule has 0 aromatic heterocycles. The zero-order chi connectivity index (χ0) is 23.0. The van der Waals surface area contributed by atoms with Gasteiger partial charge in [-0.25, -0.2) is 4.79 Å². The summed E-state index contributed by atoms with van der Waals surface area (Å²) in [4.78, 5) is 24.6. The van der Waals surface area contributed by atoms with Gasteiger partial charge in [0, 0.05) is 0 Å². The van der Waals surface area contributed by atoms with Crippen LogP contribution in [-0.4, -0.2) is 32.7 Å². The molecule has 1 N–H and O–H groups in total. The Bertz CT molecular complexity index is 1010. The molecule has 0 heterocycles. The molecule has 0 aliphatic heterocycles. The van der Waals surface area contributed by atoms with Crippen LogP contribution in [0.2, 0.25) is 0 Å². The van der Waals surface area contributed by atoms with Crippen molar-refractivity contribution in [1.82, 2.24) is 0 Å². The van der Waals surface area contributed by atoms with E-state index >= 15 is 0 Å². The molecule has 0 aliphatic rings. The van der Waals surface area contributed by atoms with Gasteiger partial charge in [-0.15, -0.1) is 0 Å². The van der Waals surface area contributed by atoms with Gasteiger partial charge >= 0.3 is 5.97 Å². The van der Waals surface area contributed by atoms with Crippen LogP contribution in [0.3, 0.4) is 0 Å². The number of hydrogen-bond acceptors (Lipinski definition) is 6. The van der Waals surface area contributed by atoms with E-state index in [1.807, 2.05) is 12.1 Å². The number of methoxy groups -OCH3 is 2. The van der Waals surface area contributed by atoms with Crippen LogP contribution in [0.25, 0.3) is 6.08 Å². The summed E-state index contributed by atoms with van der Waals surface area (Å²) in [5.74, 6) is -0.283. The minimum Gasteiger partial charge on any atom is -0.497 e. The fourth-order valence-electron chi connectivity index (χ4n) is 2.67. The molecule has 31 heavy (non-hydrogen) atoms. The molecule has 0 radical (unpaired) electrons. The third kappa shape index (κ3) is 6.61. The van der Waals surface area contributed by atoms with Crippen molar-refractivity contribution >= 4 is 23.6 Å². The maximum absolute atomic E-state index is 12.3. The number of amides is 1. The van der Waals surface area contributed by atoms with Crippen LogP contribution < -0.4 is 14.8 Å². The van der Waals surface area contributed by atoms with E-state index in [1.165, 1.54) is 13.2 Å². The molecule has 0 fully saturated rings. The van der Waals surface area contributed by atoms with Gasteiger partial charge in [0.15, 0.2) is 6.61 Å². The van der Waals surface area contributed by atoms with Crippen LogP contribution in [0.15, 0.2) is 48.0 Å². The lowest BCUT2D eigenvalue weighted by Crippen LogP contribution is -2.22. The first-order chi connectivity index (χ1) is 14.7. The summed E-state index contributed by atoms with van der Waals surface area (Å²) in [6.07, 6.45) is 1.38. The van der Waals surface area contributed by atoms with Crippen LogP contribution in [0.4, 0.5) is 5.69 Å². The number of benzene rings is 2. The lowest BCUT2D eigenvalue weighted by molar-refractivity contribution is -0.142. The highest BCUT2D eigenvalue weighted by Crippen LogP contribution is 2.31. The van der Waals surface area contributed by atoms with Gasteiger partial charge in [-0.05, 0) is 46.9 Å². The van der Waals surface area contributed by atoms with Crippen molar-refractivity contribution in [2.45, 2.75) is 26.2 Å². The van der Waals surface area contributed by atoms with Gasteiger partial charge in [0.2, 0.25) is 0 Å². The number of rotatable bonds is 7. The number of ether oxygens (including phenoxy) is 3. The maximum atomic E-state index is 12.3. The minimum atomic E-state index is -0.885. The molecule has 2 rings (SSSR count). The van der Waals surface area contributed by atoms with Gasteiger partial charge in [0.1, 0.15) is 23.1 Å². The van der Waals surface area contributed by atoms with Crippen molar-refractivity contribution in [3.63, 3.8) is 0 Å². The molecule has 7 nitrogen and oxygen atoms in total. The zero-order valence-electron chi connectivity index (χ0n) is 18.3. The molecule has 0 bridgehead atoms. The van der Waals surface area contributed by atoms with Crippen LogP contribution in [0.1, 0.15) is 31.9 Å². The summed E-state index contributed by atoms with van der Waals surface area (Å²) in [6.45, 7) is 5.63. The van der Waals surface area contributed by atoms with Crippen LogP contribution >= 0.6 is 0 Å². The number of carbonyl (C=O) groups is 2. The molecule has 162 valence electrons. The third-order valence-corrected chi connectivity index (χ3v) is 4.44. The first-order valence-corrected chi connectivity index (χ1v) is 9.59. The summed E-state index contributed by atoms with van der Waals surface area (Å²) in [5.41, 5.74) is 1.78. The van der Waals surface area contributed by atoms with E-state index < -0.39 is 18.5 Å². The fraction of sp³-hybridized carbons (Fsp3) is 0.292. The van der Waals surface area contributed by atoms with E-state index in [4.69, 9.17) is 14.2 Å². The quantitative estimate of drug-likeness (QED) is 0.410. The summed E-state index contributed by atoms with van der Waals surface area (Å²) in [5, 5.41) is 12.0. The Morgan fingerprint density at radius 2 is 1.74 bits per heavy atom. The van der Waals surface area contributed by atoms with Gasteiger partial charge in [-0.3, -0.25) is 4.79 Å². The Labute approximate surface area is 182 Å². The predicted molar refractivity (Wildman–Crippen MR) is 118 cm³/mol. The molecule has 0 aliphatic carbocycles. The minimum absolute atomic E-state index is 0.119. The second kappa shape index (κ2) is 10.3. The van der Waals surface area contributed by atoms with Crippen molar-refractivity contribution in [2.75, 3.05) is 26.1 Å². The largest absolute Gasteiger partial charge is 0.497 e. The highest BCUT2D eigenvalue weighted by atomic mass is 16.5. The van der Waals surface area contributed by atoms with E-state index in [0.717, 1.165) is 5.56 Å². The van der Waals surface area contributed by atoms with Crippen LogP contribution in [-0.2, 0) is 19.7 Å². The number of nitriles is 1. The van der Waals surface area contributed by atoms with E-state index in [0.29, 0.717) is 22.7 Å². The highest BCUT2D eigenvalue weighted by molar-refractivity contribution is 6.00. The molecular formula is C24H26N2O5. The number of nitrogens with zero attached hydrogens (tertiary/aromatic N) is 1. The molecule has 2 aromatic carbocycles. The number of esters is 1. The van der Waals surface area contributed by atoms with Crippen LogP contribution in [0, 0.1) is 11.3 Å². The van der Waals surface area contributed by atoms with E-state index in [9.17, 15) is 14.9 Å². The summed E-state index contributed by atoms with van der Waals surface area (Å²) in [6, 6.07) is 14.1. The number of anilines is 1. The Balaban J connectivity index is 2.05. The normalized spacial score (nSPS) is 11.3. The summed E-state index contributed by atoms with van der Waals surface area (Å²) < 4.78 is 15.4. The number of carbonyl (C=O) groups excluding carboxylic acids is 2. The summed E-state index contributed by atoms with van der Waals surface area (Å²) in [7, 11) is 3.05. The van der Waals surface area contributed by atoms with Crippen LogP contribution in [0.5, 0.6) is 11.5 Å². The predicted octanol–water partition coefficient (Wildman–Crippen LogP) is 4.09. The first kappa shape index (κ1) is 23.5.